The Bertz CT molecular complexity index is 567. The molecule has 0 radical (unpaired) electrons. The minimum atomic E-state index is -0.552. The zero-order valence-electron chi connectivity index (χ0n) is 8.78. The summed E-state index contributed by atoms with van der Waals surface area (Å²) in [6.07, 6.45) is 0. The number of hydrogen-bond donors (Lipinski definition) is 2. The molecule has 1 aromatic heterocycles. The first-order valence-corrected chi connectivity index (χ1v) is 6.61. The molecule has 0 bridgehead atoms. The van der Waals surface area contributed by atoms with Crippen molar-refractivity contribution in [2.24, 2.45) is 5.84 Å². The van der Waals surface area contributed by atoms with E-state index in [-0.39, 0.29) is 11.6 Å². The standard InChI is InChI=1S/C9H7BrClFN4OS/c10-4-1-5(11)6(12)2-8(4)17-3-7-9(14-13)18-16-15-7/h1-2,14H,3,13H2. The van der Waals surface area contributed by atoms with Crippen LogP contribution in [0.25, 0.3) is 0 Å². The minimum Gasteiger partial charge on any atom is -0.486 e. The van der Waals surface area contributed by atoms with Crippen LogP contribution in [-0.2, 0) is 6.61 Å². The van der Waals surface area contributed by atoms with Gasteiger partial charge in [-0.3, -0.25) is 0 Å². The average Bonchev–Trinajstić information content (AvgIpc) is 2.79. The number of hydrazine groups is 1. The normalized spacial score (nSPS) is 10.4. The molecule has 0 amide bonds. The van der Waals surface area contributed by atoms with E-state index >= 15 is 0 Å². The van der Waals surface area contributed by atoms with Crippen molar-refractivity contribution >= 4 is 44.1 Å². The maximum absolute atomic E-state index is 13.3. The summed E-state index contributed by atoms with van der Waals surface area (Å²) in [6, 6.07) is 2.62. The summed E-state index contributed by atoms with van der Waals surface area (Å²) in [7, 11) is 0. The Morgan fingerprint density at radius 3 is 3.06 bits per heavy atom. The summed E-state index contributed by atoms with van der Waals surface area (Å²) in [6.45, 7) is 0.121. The van der Waals surface area contributed by atoms with Crippen LogP contribution in [0.2, 0.25) is 5.02 Å². The molecule has 0 aliphatic rings. The van der Waals surface area contributed by atoms with Crippen molar-refractivity contribution in [3.63, 3.8) is 0 Å². The van der Waals surface area contributed by atoms with Gasteiger partial charge in [0.05, 0.1) is 9.50 Å². The van der Waals surface area contributed by atoms with E-state index < -0.39 is 5.82 Å². The number of halogens is 3. The summed E-state index contributed by atoms with van der Waals surface area (Å²) in [5, 5.41) is 4.46. The molecule has 0 spiro atoms. The highest BCUT2D eigenvalue weighted by atomic mass is 79.9. The fourth-order valence-electron chi connectivity index (χ4n) is 1.17. The third-order valence-electron chi connectivity index (χ3n) is 2.03. The molecule has 18 heavy (non-hydrogen) atoms. The SMILES string of the molecule is NNc1snnc1COc1cc(F)c(Cl)cc1Br. The Labute approximate surface area is 119 Å². The van der Waals surface area contributed by atoms with Crippen LogP contribution in [0.15, 0.2) is 16.6 Å². The van der Waals surface area contributed by atoms with Gasteiger partial charge in [0.15, 0.2) is 5.00 Å². The number of nitrogens with one attached hydrogen (secondary N) is 1. The molecular formula is C9H7BrClFN4OS. The van der Waals surface area contributed by atoms with E-state index in [2.05, 4.69) is 30.9 Å². The summed E-state index contributed by atoms with van der Waals surface area (Å²) in [5.74, 6) is 5.05. The van der Waals surface area contributed by atoms with E-state index in [0.29, 0.717) is 20.9 Å². The maximum Gasteiger partial charge on any atom is 0.150 e. The smallest absolute Gasteiger partial charge is 0.150 e. The van der Waals surface area contributed by atoms with Gasteiger partial charge >= 0.3 is 0 Å². The first-order valence-electron chi connectivity index (χ1n) is 4.67. The first-order chi connectivity index (χ1) is 8.61. The zero-order valence-corrected chi connectivity index (χ0v) is 11.9. The van der Waals surface area contributed by atoms with Gasteiger partial charge in [-0.15, -0.1) is 5.10 Å². The summed E-state index contributed by atoms with van der Waals surface area (Å²) >= 11 is 9.97. The van der Waals surface area contributed by atoms with Crippen LogP contribution in [0.5, 0.6) is 5.75 Å². The second-order valence-corrected chi connectivity index (χ2v) is 5.19. The number of aromatic nitrogens is 2. The molecule has 0 fully saturated rings. The van der Waals surface area contributed by atoms with Crippen LogP contribution in [0, 0.1) is 5.82 Å². The van der Waals surface area contributed by atoms with E-state index in [1.807, 2.05) is 0 Å². The monoisotopic (exact) mass is 352 g/mol. The van der Waals surface area contributed by atoms with Crippen LogP contribution < -0.4 is 16.0 Å². The maximum atomic E-state index is 13.3. The number of rotatable bonds is 4. The van der Waals surface area contributed by atoms with Crippen molar-refractivity contribution in [3.05, 3.63) is 33.1 Å². The zero-order chi connectivity index (χ0) is 13.1. The van der Waals surface area contributed by atoms with Crippen molar-refractivity contribution in [2.75, 3.05) is 5.43 Å². The summed E-state index contributed by atoms with van der Waals surface area (Å²) < 4.78 is 23.0. The van der Waals surface area contributed by atoms with Gasteiger partial charge in [-0.2, -0.15) is 0 Å². The molecule has 3 N–H and O–H groups in total. The lowest BCUT2D eigenvalue weighted by molar-refractivity contribution is 0.298. The highest BCUT2D eigenvalue weighted by Crippen LogP contribution is 2.31. The number of nitrogens with zero attached hydrogens (tertiary/aromatic N) is 2. The number of nitrogens with two attached hydrogens (primary N) is 1. The second kappa shape index (κ2) is 5.79. The predicted octanol–water partition coefficient (Wildman–Crippen LogP) is 2.96. The molecule has 0 aliphatic carbocycles. The second-order valence-electron chi connectivity index (χ2n) is 3.18. The van der Waals surface area contributed by atoms with Crippen LogP contribution in [0.3, 0.4) is 0 Å². The number of anilines is 1. The summed E-state index contributed by atoms with van der Waals surface area (Å²) in [5.41, 5.74) is 3.00. The van der Waals surface area contributed by atoms with Gasteiger partial charge < -0.3 is 10.2 Å². The van der Waals surface area contributed by atoms with Gasteiger partial charge in [0.1, 0.15) is 23.9 Å². The van der Waals surface area contributed by atoms with Crippen LogP contribution in [-0.4, -0.2) is 9.59 Å². The molecule has 0 saturated heterocycles. The fraction of sp³-hybridized carbons (Fsp3) is 0.111. The molecule has 96 valence electrons. The lowest BCUT2D eigenvalue weighted by atomic mass is 10.3. The first kappa shape index (κ1) is 13.5. The molecule has 2 rings (SSSR count). The Hall–Kier alpha value is -0.960. The third kappa shape index (κ3) is 2.89. The predicted molar refractivity (Wildman–Crippen MR) is 71.2 cm³/mol. The number of ether oxygens (including phenoxy) is 1. The van der Waals surface area contributed by atoms with Gasteiger partial charge in [-0.05, 0) is 22.0 Å². The number of hydrogen-bond acceptors (Lipinski definition) is 6. The van der Waals surface area contributed by atoms with Crippen LogP contribution in [0.4, 0.5) is 9.39 Å². The average molecular weight is 354 g/mol. The molecule has 0 saturated carbocycles. The Morgan fingerprint density at radius 1 is 1.56 bits per heavy atom. The van der Waals surface area contributed by atoms with Gasteiger partial charge in [0, 0.05) is 17.6 Å². The van der Waals surface area contributed by atoms with Crippen LogP contribution >= 0.6 is 39.1 Å². The topological polar surface area (TPSA) is 73.1 Å². The van der Waals surface area contributed by atoms with E-state index in [0.717, 1.165) is 11.5 Å². The molecule has 1 aromatic carbocycles. The van der Waals surface area contributed by atoms with E-state index in [1.165, 1.54) is 12.1 Å². The molecule has 1 heterocycles. The van der Waals surface area contributed by atoms with Crippen molar-refractivity contribution < 1.29 is 9.13 Å². The Kier molecular flexibility index (Phi) is 4.33. The van der Waals surface area contributed by atoms with Crippen molar-refractivity contribution in [1.82, 2.24) is 9.59 Å². The van der Waals surface area contributed by atoms with Crippen molar-refractivity contribution in [2.45, 2.75) is 6.61 Å². The van der Waals surface area contributed by atoms with Crippen LogP contribution in [0.1, 0.15) is 5.69 Å². The molecule has 0 aliphatic heterocycles. The third-order valence-corrected chi connectivity index (χ3v) is 3.63. The molecular weight excluding hydrogens is 347 g/mol. The van der Waals surface area contributed by atoms with Gasteiger partial charge in [-0.1, -0.05) is 16.1 Å². The van der Waals surface area contributed by atoms with Gasteiger partial charge in [0.2, 0.25) is 0 Å². The minimum absolute atomic E-state index is 0.0221. The lowest BCUT2D eigenvalue weighted by Gasteiger charge is -2.08. The fourth-order valence-corrected chi connectivity index (χ4v) is 2.41. The Balaban J connectivity index is 2.13. The molecule has 2 aromatic rings. The van der Waals surface area contributed by atoms with Gasteiger partial charge in [0.25, 0.3) is 0 Å². The molecule has 5 nitrogen and oxygen atoms in total. The van der Waals surface area contributed by atoms with Gasteiger partial charge in [-0.25, -0.2) is 10.2 Å². The van der Waals surface area contributed by atoms with E-state index in [4.69, 9.17) is 22.2 Å². The molecule has 9 heteroatoms. The largest absolute Gasteiger partial charge is 0.486 e. The quantitative estimate of drug-likeness (QED) is 0.502. The number of nitrogen functional groups attached to an aromatic ring is 1. The molecule has 0 unspecified atom stereocenters. The summed E-state index contributed by atoms with van der Waals surface area (Å²) in [4.78, 5) is 0. The lowest BCUT2D eigenvalue weighted by Crippen LogP contribution is -2.08. The van der Waals surface area contributed by atoms with E-state index in [9.17, 15) is 4.39 Å². The highest BCUT2D eigenvalue weighted by molar-refractivity contribution is 9.10. The molecule has 0 atom stereocenters. The highest BCUT2D eigenvalue weighted by Gasteiger charge is 2.11. The van der Waals surface area contributed by atoms with Crippen molar-refractivity contribution in [3.8, 4) is 5.75 Å². The van der Waals surface area contributed by atoms with Crippen molar-refractivity contribution in [1.29, 1.82) is 0 Å². The van der Waals surface area contributed by atoms with E-state index in [1.54, 1.807) is 0 Å². The number of benzene rings is 1. The Morgan fingerprint density at radius 2 is 2.33 bits per heavy atom.